The number of carbonyl (C=O) groups is 2. The minimum Gasteiger partial charge on any atom is -0.495 e. The highest BCUT2D eigenvalue weighted by Gasteiger charge is 2.30. The summed E-state index contributed by atoms with van der Waals surface area (Å²) >= 11 is 1.50. The lowest BCUT2D eigenvalue weighted by atomic mass is 10.1. The molecule has 0 unspecified atom stereocenters. The van der Waals surface area contributed by atoms with E-state index in [9.17, 15) is 9.59 Å². The monoisotopic (exact) mass is 386 g/mol. The van der Waals surface area contributed by atoms with E-state index < -0.39 is 6.10 Å². The second kappa shape index (κ2) is 7.70. The Morgan fingerprint density at radius 3 is 2.81 bits per heavy atom. The number of nitrogens with one attached hydrogen (secondary N) is 2. The van der Waals surface area contributed by atoms with Crippen molar-refractivity contribution in [1.29, 1.82) is 0 Å². The molecule has 1 aliphatic heterocycles. The predicted molar refractivity (Wildman–Crippen MR) is 105 cm³/mol. The van der Waals surface area contributed by atoms with Gasteiger partial charge in [-0.15, -0.1) is 11.3 Å². The zero-order valence-corrected chi connectivity index (χ0v) is 16.0. The number of rotatable bonds is 5. The molecule has 0 radical (unpaired) electrons. The largest absolute Gasteiger partial charge is 0.495 e. The van der Waals surface area contributed by atoms with Crippen LogP contribution in [0.15, 0.2) is 24.3 Å². The van der Waals surface area contributed by atoms with Crippen LogP contribution in [0, 0.1) is 0 Å². The minimum atomic E-state index is -0.424. The van der Waals surface area contributed by atoms with Crippen LogP contribution < -0.4 is 15.4 Å². The first-order chi connectivity index (χ1) is 13.2. The Hall–Kier alpha value is -2.38. The summed E-state index contributed by atoms with van der Waals surface area (Å²) in [6.45, 7) is 0.611. The van der Waals surface area contributed by atoms with Gasteiger partial charge in [0, 0.05) is 11.5 Å². The average Bonchev–Trinajstić information content (AvgIpc) is 3.39. The number of hydrogen-bond acceptors (Lipinski definition) is 5. The van der Waals surface area contributed by atoms with Crippen molar-refractivity contribution in [2.45, 2.75) is 38.2 Å². The zero-order chi connectivity index (χ0) is 18.8. The lowest BCUT2D eigenvalue weighted by Gasteiger charge is -2.13. The molecule has 1 fully saturated rings. The minimum absolute atomic E-state index is 0.168. The quantitative estimate of drug-likeness (QED) is 0.823. The molecule has 1 aromatic heterocycles. The van der Waals surface area contributed by atoms with Crippen LogP contribution in [0.2, 0.25) is 0 Å². The lowest BCUT2D eigenvalue weighted by Crippen LogP contribution is -2.27. The molecule has 7 heteroatoms. The number of thiophene rings is 1. The van der Waals surface area contributed by atoms with Crippen molar-refractivity contribution in [3.8, 4) is 5.75 Å². The van der Waals surface area contributed by atoms with E-state index in [1.807, 2.05) is 12.1 Å². The first-order valence-electron chi connectivity index (χ1n) is 9.18. The van der Waals surface area contributed by atoms with E-state index in [2.05, 4.69) is 10.6 Å². The summed E-state index contributed by atoms with van der Waals surface area (Å²) in [4.78, 5) is 26.8. The molecule has 27 heavy (non-hydrogen) atoms. The van der Waals surface area contributed by atoms with E-state index in [0.717, 1.165) is 37.7 Å². The third kappa shape index (κ3) is 3.57. The number of anilines is 2. The Morgan fingerprint density at radius 2 is 2.04 bits per heavy atom. The number of fused-ring (bicyclic) bond motifs is 1. The van der Waals surface area contributed by atoms with Gasteiger partial charge in [-0.25, -0.2) is 0 Å². The van der Waals surface area contributed by atoms with Crippen LogP contribution in [-0.4, -0.2) is 31.6 Å². The molecule has 2 aromatic rings. The summed E-state index contributed by atoms with van der Waals surface area (Å²) in [5, 5.41) is 6.49. The van der Waals surface area contributed by atoms with Crippen molar-refractivity contribution in [2.24, 2.45) is 0 Å². The van der Waals surface area contributed by atoms with Gasteiger partial charge < -0.3 is 20.1 Å². The maximum absolute atomic E-state index is 13.1. The van der Waals surface area contributed by atoms with Crippen LogP contribution in [0.3, 0.4) is 0 Å². The number of ether oxygens (including phenoxy) is 2. The van der Waals surface area contributed by atoms with Crippen molar-refractivity contribution in [3.63, 3.8) is 0 Å². The van der Waals surface area contributed by atoms with Gasteiger partial charge in [0.05, 0.1) is 18.4 Å². The van der Waals surface area contributed by atoms with Crippen molar-refractivity contribution in [1.82, 2.24) is 0 Å². The SMILES string of the molecule is COc1ccccc1NC(=O)c1c(NC(=O)[C@H]2CCCO2)sc2c1CCC2. The smallest absolute Gasteiger partial charge is 0.259 e. The Labute approximate surface area is 161 Å². The van der Waals surface area contributed by atoms with Gasteiger partial charge >= 0.3 is 0 Å². The Kier molecular flexibility index (Phi) is 5.13. The summed E-state index contributed by atoms with van der Waals surface area (Å²) in [5.74, 6) is 0.211. The highest BCUT2D eigenvalue weighted by Crippen LogP contribution is 2.40. The van der Waals surface area contributed by atoms with Gasteiger partial charge in [-0.1, -0.05) is 12.1 Å². The maximum Gasteiger partial charge on any atom is 0.259 e. The van der Waals surface area contributed by atoms with Gasteiger partial charge in [-0.3, -0.25) is 9.59 Å². The molecule has 2 aliphatic rings. The van der Waals surface area contributed by atoms with E-state index in [0.29, 0.717) is 28.6 Å². The predicted octanol–water partition coefficient (Wildman–Crippen LogP) is 3.62. The molecular weight excluding hydrogens is 364 g/mol. The first kappa shape index (κ1) is 18.0. The van der Waals surface area contributed by atoms with Crippen molar-refractivity contribution < 1.29 is 19.1 Å². The highest BCUT2D eigenvalue weighted by atomic mass is 32.1. The fourth-order valence-corrected chi connectivity index (χ4v) is 4.93. The van der Waals surface area contributed by atoms with Crippen LogP contribution in [-0.2, 0) is 22.4 Å². The van der Waals surface area contributed by atoms with Crippen LogP contribution in [0.4, 0.5) is 10.7 Å². The van der Waals surface area contributed by atoms with Crippen LogP contribution in [0.5, 0.6) is 5.75 Å². The molecule has 6 nitrogen and oxygen atoms in total. The van der Waals surface area contributed by atoms with E-state index in [4.69, 9.17) is 9.47 Å². The summed E-state index contributed by atoms with van der Waals surface area (Å²) in [7, 11) is 1.57. The number of methoxy groups -OCH3 is 1. The first-order valence-corrected chi connectivity index (χ1v) is 10.0. The van der Waals surface area contributed by atoms with Crippen molar-refractivity contribution in [3.05, 3.63) is 40.3 Å². The molecule has 142 valence electrons. The van der Waals surface area contributed by atoms with Gasteiger partial charge in [-0.2, -0.15) is 0 Å². The van der Waals surface area contributed by atoms with Crippen molar-refractivity contribution in [2.75, 3.05) is 24.4 Å². The molecule has 1 atom stereocenters. The van der Waals surface area contributed by atoms with Gasteiger partial charge in [0.25, 0.3) is 11.8 Å². The topological polar surface area (TPSA) is 76.7 Å². The normalized spacial score (nSPS) is 18.2. The molecule has 0 saturated carbocycles. The van der Waals surface area contributed by atoms with Crippen LogP contribution in [0.1, 0.15) is 40.1 Å². The number of hydrogen-bond donors (Lipinski definition) is 2. The summed E-state index contributed by atoms with van der Waals surface area (Å²) in [5.41, 5.74) is 2.24. The number of para-hydroxylation sites is 2. The van der Waals surface area contributed by atoms with E-state index in [-0.39, 0.29) is 11.8 Å². The summed E-state index contributed by atoms with van der Waals surface area (Å²) < 4.78 is 10.8. The number of benzene rings is 1. The van der Waals surface area contributed by atoms with Crippen LogP contribution >= 0.6 is 11.3 Å². The average molecular weight is 386 g/mol. The Bertz CT molecular complexity index is 871. The molecule has 1 aromatic carbocycles. The standard InChI is InChI=1S/C20H22N2O4S/c1-25-14-8-3-2-7-13(14)21-19(24)17-12-6-4-10-16(12)27-20(17)22-18(23)15-9-5-11-26-15/h2-3,7-8,15H,4-6,9-11H2,1H3,(H,21,24)(H,22,23)/t15-/m1/s1. The molecule has 2 N–H and O–H groups in total. The number of aryl methyl sites for hydroxylation is 1. The second-order valence-electron chi connectivity index (χ2n) is 6.71. The Morgan fingerprint density at radius 1 is 1.19 bits per heavy atom. The summed E-state index contributed by atoms with van der Waals surface area (Å²) in [6.07, 6.45) is 4.03. The third-order valence-electron chi connectivity index (χ3n) is 4.96. The molecule has 1 saturated heterocycles. The van der Waals surface area contributed by atoms with Crippen LogP contribution in [0.25, 0.3) is 0 Å². The molecule has 2 amide bonds. The van der Waals surface area contributed by atoms with Gasteiger partial charge in [0.2, 0.25) is 0 Å². The van der Waals surface area contributed by atoms with Gasteiger partial charge in [-0.05, 0) is 49.8 Å². The van der Waals surface area contributed by atoms with E-state index >= 15 is 0 Å². The number of carbonyl (C=O) groups excluding carboxylic acids is 2. The van der Waals surface area contributed by atoms with Crippen molar-refractivity contribution >= 4 is 33.8 Å². The molecule has 0 bridgehead atoms. The molecule has 4 rings (SSSR count). The van der Waals surface area contributed by atoms with Gasteiger partial charge in [0.15, 0.2) is 0 Å². The molecule has 0 spiro atoms. The third-order valence-corrected chi connectivity index (χ3v) is 6.17. The number of amides is 2. The second-order valence-corrected chi connectivity index (χ2v) is 7.81. The van der Waals surface area contributed by atoms with E-state index in [1.165, 1.54) is 16.2 Å². The van der Waals surface area contributed by atoms with Gasteiger partial charge in [0.1, 0.15) is 16.9 Å². The zero-order valence-electron chi connectivity index (χ0n) is 15.2. The fourth-order valence-electron chi connectivity index (χ4n) is 3.64. The molecule has 2 heterocycles. The summed E-state index contributed by atoms with van der Waals surface area (Å²) in [6, 6.07) is 7.29. The maximum atomic E-state index is 13.1. The Balaban J connectivity index is 1.61. The highest BCUT2D eigenvalue weighted by molar-refractivity contribution is 7.17. The fraction of sp³-hybridized carbons (Fsp3) is 0.400. The molecule has 1 aliphatic carbocycles. The molecular formula is C20H22N2O4S. The lowest BCUT2D eigenvalue weighted by molar-refractivity contribution is -0.124. The van der Waals surface area contributed by atoms with E-state index in [1.54, 1.807) is 19.2 Å².